The Bertz CT molecular complexity index is 1270. The van der Waals surface area contributed by atoms with Crippen LogP contribution in [0.2, 0.25) is 0 Å². The lowest BCUT2D eigenvalue weighted by Gasteiger charge is -2.19. The van der Waals surface area contributed by atoms with Crippen molar-refractivity contribution in [3.8, 4) is 6.07 Å². The van der Waals surface area contributed by atoms with Gasteiger partial charge in [-0.3, -0.25) is 19.1 Å². The maximum Gasteiger partial charge on any atom is 0.349 e. The Morgan fingerprint density at radius 3 is 2.78 bits per heavy atom. The van der Waals surface area contributed by atoms with Crippen molar-refractivity contribution in [3.05, 3.63) is 57.0 Å². The van der Waals surface area contributed by atoms with Gasteiger partial charge in [-0.05, 0) is 37.5 Å². The fourth-order valence-corrected chi connectivity index (χ4v) is 4.96. The van der Waals surface area contributed by atoms with Gasteiger partial charge >= 0.3 is 5.97 Å². The highest BCUT2D eigenvalue weighted by Gasteiger charge is 2.24. The predicted molar refractivity (Wildman–Crippen MR) is 121 cm³/mol. The van der Waals surface area contributed by atoms with Crippen molar-refractivity contribution in [3.63, 3.8) is 0 Å². The molecule has 0 radical (unpaired) electrons. The van der Waals surface area contributed by atoms with Gasteiger partial charge in [0.2, 0.25) is 0 Å². The Kier molecular flexibility index (Phi) is 6.32. The van der Waals surface area contributed by atoms with Gasteiger partial charge in [-0.2, -0.15) is 5.26 Å². The normalized spacial score (nSPS) is 13.1. The lowest BCUT2D eigenvalue weighted by atomic mass is 10.2. The van der Waals surface area contributed by atoms with Crippen LogP contribution in [0, 0.1) is 18.3 Å². The molecule has 3 aromatic rings. The van der Waals surface area contributed by atoms with Gasteiger partial charge in [0, 0.05) is 18.7 Å². The largest absolute Gasteiger partial charge is 0.451 e. The fraction of sp³-hybridized carbons (Fsp3) is 0.348. The van der Waals surface area contributed by atoms with E-state index in [1.165, 1.54) is 4.90 Å². The molecule has 1 amide bonds. The smallest absolute Gasteiger partial charge is 0.349 e. The number of anilines is 1. The van der Waals surface area contributed by atoms with Crippen LogP contribution in [0.15, 0.2) is 35.1 Å². The molecule has 0 saturated carbocycles. The lowest BCUT2D eigenvalue weighted by molar-refractivity contribution is -0.121. The second-order valence-electron chi connectivity index (χ2n) is 7.58. The molecule has 0 atom stereocenters. The second-order valence-corrected chi connectivity index (χ2v) is 8.58. The van der Waals surface area contributed by atoms with Crippen LogP contribution in [0.3, 0.4) is 0 Å². The van der Waals surface area contributed by atoms with Crippen LogP contribution in [0.25, 0.3) is 10.2 Å². The quantitative estimate of drug-likeness (QED) is 0.437. The van der Waals surface area contributed by atoms with Crippen molar-refractivity contribution in [2.75, 3.05) is 18.1 Å². The summed E-state index contributed by atoms with van der Waals surface area (Å²) in [5.41, 5.74) is 0.948. The minimum Gasteiger partial charge on any atom is -0.451 e. The van der Waals surface area contributed by atoms with Gasteiger partial charge in [0.1, 0.15) is 22.1 Å². The molecule has 0 fully saturated rings. The zero-order valence-corrected chi connectivity index (χ0v) is 18.5. The number of nitrogens with zero attached hydrogens (tertiary/aromatic N) is 4. The highest BCUT2D eigenvalue weighted by Crippen LogP contribution is 2.29. The zero-order valence-electron chi connectivity index (χ0n) is 17.7. The first kappa shape index (κ1) is 21.7. The molecule has 0 spiro atoms. The number of para-hydroxylation sites is 1. The average molecular weight is 451 g/mol. The first-order valence-corrected chi connectivity index (χ1v) is 11.2. The first-order chi connectivity index (χ1) is 15.5. The highest BCUT2D eigenvalue weighted by molar-refractivity contribution is 7.20. The van der Waals surface area contributed by atoms with E-state index in [1.54, 1.807) is 41.8 Å². The summed E-state index contributed by atoms with van der Waals surface area (Å²) in [6, 6.07) is 10.7. The maximum atomic E-state index is 13.1. The van der Waals surface area contributed by atoms with Crippen molar-refractivity contribution in [2.24, 2.45) is 0 Å². The Balaban J connectivity index is 1.56. The third-order valence-corrected chi connectivity index (χ3v) is 6.69. The number of carbonyl (C=O) groups is 2. The fourth-order valence-electron chi connectivity index (χ4n) is 3.88. The summed E-state index contributed by atoms with van der Waals surface area (Å²) < 4.78 is 6.98. The molecule has 0 aliphatic carbocycles. The standard InChI is InChI=1S/C23H22N4O4S/c1-15-19-21(25-17-10-6-3-7-12-27(17)22(19)29)32-20(15)23(30)31-14-18(28)26(13-11-24)16-8-4-2-5-9-16/h2,4-5,8-9H,3,6-7,10,12-14H2,1H3. The molecule has 32 heavy (non-hydrogen) atoms. The summed E-state index contributed by atoms with van der Waals surface area (Å²) in [6.07, 6.45) is 3.72. The van der Waals surface area contributed by atoms with E-state index >= 15 is 0 Å². The topological polar surface area (TPSA) is 105 Å². The minimum absolute atomic E-state index is 0.125. The monoisotopic (exact) mass is 450 g/mol. The Labute approximate surface area is 188 Å². The second kappa shape index (κ2) is 9.32. The summed E-state index contributed by atoms with van der Waals surface area (Å²) in [5, 5.41) is 9.50. The number of aryl methyl sites for hydroxylation is 2. The third kappa shape index (κ3) is 4.14. The molecule has 0 unspecified atom stereocenters. The number of carbonyl (C=O) groups excluding carboxylic acids is 2. The molecule has 1 aliphatic heterocycles. The van der Waals surface area contributed by atoms with E-state index < -0.39 is 18.5 Å². The van der Waals surface area contributed by atoms with Crippen LogP contribution in [0.4, 0.5) is 5.69 Å². The maximum absolute atomic E-state index is 13.1. The summed E-state index contributed by atoms with van der Waals surface area (Å²) >= 11 is 1.12. The average Bonchev–Trinajstić information content (AvgIpc) is 2.97. The van der Waals surface area contributed by atoms with Crippen molar-refractivity contribution in [2.45, 2.75) is 39.2 Å². The van der Waals surface area contributed by atoms with E-state index in [2.05, 4.69) is 4.98 Å². The van der Waals surface area contributed by atoms with E-state index in [0.29, 0.717) is 28.0 Å². The SMILES string of the molecule is Cc1c(C(=O)OCC(=O)N(CC#N)c2ccccc2)sc2nc3n(c(=O)c12)CCCCC3. The van der Waals surface area contributed by atoms with E-state index in [9.17, 15) is 14.4 Å². The van der Waals surface area contributed by atoms with Crippen LogP contribution < -0.4 is 10.5 Å². The van der Waals surface area contributed by atoms with Crippen LogP contribution in [-0.2, 0) is 22.5 Å². The van der Waals surface area contributed by atoms with Crippen LogP contribution in [-0.4, -0.2) is 34.6 Å². The Morgan fingerprint density at radius 1 is 1.25 bits per heavy atom. The van der Waals surface area contributed by atoms with Gasteiger partial charge in [0.15, 0.2) is 6.61 Å². The number of hydrogen-bond donors (Lipinski definition) is 0. The lowest BCUT2D eigenvalue weighted by Crippen LogP contribution is -2.35. The number of benzene rings is 1. The molecule has 9 heteroatoms. The number of rotatable bonds is 5. The number of ether oxygens (including phenoxy) is 1. The van der Waals surface area contributed by atoms with Crippen molar-refractivity contribution in [1.82, 2.24) is 9.55 Å². The molecule has 0 saturated heterocycles. The van der Waals surface area contributed by atoms with Gasteiger partial charge in [-0.25, -0.2) is 9.78 Å². The summed E-state index contributed by atoms with van der Waals surface area (Å²) in [6.45, 7) is 1.67. The predicted octanol–water partition coefficient (Wildman–Crippen LogP) is 3.21. The van der Waals surface area contributed by atoms with Crippen molar-refractivity contribution in [1.29, 1.82) is 5.26 Å². The van der Waals surface area contributed by atoms with Gasteiger partial charge in [-0.15, -0.1) is 11.3 Å². The van der Waals surface area contributed by atoms with Crippen LogP contribution in [0.1, 0.15) is 40.3 Å². The van der Waals surface area contributed by atoms with Gasteiger partial charge in [-0.1, -0.05) is 24.6 Å². The third-order valence-electron chi connectivity index (χ3n) is 5.52. The van der Waals surface area contributed by atoms with Gasteiger partial charge in [0.05, 0.1) is 11.5 Å². The molecule has 0 N–H and O–H groups in total. The number of thiophene rings is 1. The number of fused-ring (bicyclic) bond motifs is 2. The number of esters is 1. The number of nitriles is 1. The van der Waals surface area contributed by atoms with Crippen molar-refractivity contribution < 1.29 is 14.3 Å². The molecule has 1 aliphatic rings. The molecule has 164 valence electrons. The van der Waals surface area contributed by atoms with E-state index in [0.717, 1.165) is 42.8 Å². The first-order valence-electron chi connectivity index (χ1n) is 10.4. The molecular formula is C23H22N4O4S. The number of amides is 1. The van der Waals surface area contributed by atoms with Crippen molar-refractivity contribution >= 4 is 39.1 Å². The molecule has 0 bridgehead atoms. The minimum atomic E-state index is -0.677. The Hall–Kier alpha value is -3.51. The number of hydrogen-bond acceptors (Lipinski definition) is 7. The summed E-state index contributed by atoms with van der Waals surface area (Å²) in [7, 11) is 0. The summed E-state index contributed by atoms with van der Waals surface area (Å²) in [4.78, 5) is 45.1. The Morgan fingerprint density at radius 2 is 2.03 bits per heavy atom. The zero-order chi connectivity index (χ0) is 22.7. The molecule has 8 nitrogen and oxygen atoms in total. The van der Waals surface area contributed by atoms with Gasteiger partial charge < -0.3 is 4.74 Å². The molecule has 2 aromatic heterocycles. The van der Waals surface area contributed by atoms with E-state index in [-0.39, 0.29) is 17.0 Å². The number of aromatic nitrogens is 2. The van der Waals surface area contributed by atoms with Crippen LogP contribution >= 0.6 is 11.3 Å². The highest BCUT2D eigenvalue weighted by atomic mass is 32.1. The van der Waals surface area contributed by atoms with E-state index in [1.807, 2.05) is 6.07 Å². The molecule has 1 aromatic carbocycles. The van der Waals surface area contributed by atoms with Crippen LogP contribution in [0.5, 0.6) is 0 Å². The van der Waals surface area contributed by atoms with Gasteiger partial charge in [0.25, 0.3) is 11.5 Å². The summed E-state index contributed by atoms with van der Waals surface area (Å²) in [5.74, 6) is -0.426. The molecule has 4 rings (SSSR count). The van der Waals surface area contributed by atoms with E-state index in [4.69, 9.17) is 10.00 Å². The molecular weight excluding hydrogens is 428 g/mol. The molecule has 3 heterocycles.